The van der Waals surface area contributed by atoms with Crippen molar-refractivity contribution in [3.8, 4) is 0 Å². The number of amides is 2. The third-order valence-electron chi connectivity index (χ3n) is 5.65. The standard InChI is InChI=1S/C18H27N5O3/c24-17(25)11-22(10-12-4-5-12)15-7-13(8-15)19-18(26)20-16-9-14-3-1-2-6-23(14)21-16/h9,12-13,15H,1-8,10-11H2,(H,24,25)(H2,19,20,21,26). The van der Waals surface area contributed by atoms with Crippen LogP contribution in [0.5, 0.6) is 0 Å². The van der Waals surface area contributed by atoms with Gasteiger partial charge in [0.25, 0.3) is 0 Å². The summed E-state index contributed by atoms with van der Waals surface area (Å²) in [5, 5.41) is 19.3. The van der Waals surface area contributed by atoms with Gasteiger partial charge in [0.2, 0.25) is 0 Å². The fourth-order valence-corrected chi connectivity index (χ4v) is 3.97. The number of carbonyl (C=O) groups excluding carboxylic acids is 1. The molecular formula is C18H27N5O3. The number of aromatic nitrogens is 2. The van der Waals surface area contributed by atoms with Crippen LogP contribution in [0.1, 0.15) is 44.2 Å². The monoisotopic (exact) mass is 361 g/mol. The SMILES string of the molecule is O=C(O)CN(CC1CC1)C1CC(NC(=O)Nc2cc3n(n2)CCCC3)C1. The van der Waals surface area contributed by atoms with Gasteiger partial charge >= 0.3 is 12.0 Å². The number of hydrogen-bond acceptors (Lipinski definition) is 4. The van der Waals surface area contributed by atoms with E-state index in [2.05, 4.69) is 20.6 Å². The van der Waals surface area contributed by atoms with Crippen LogP contribution >= 0.6 is 0 Å². The predicted molar refractivity (Wildman–Crippen MR) is 96.1 cm³/mol. The molecule has 0 aromatic carbocycles. The Morgan fingerprint density at radius 1 is 1.31 bits per heavy atom. The van der Waals surface area contributed by atoms with Gasteiger partial charge in [-0.2, -0.15) is 5.10 Å². The van der Waals surface area contributed by atoms with Gasteiger partial charge in [-0.3, -0.25) is 19.7 Å². The number of fused-ring (bicyclic) bond motifs is 1. The maximum atomic E-state index is 12.2. The number of nitrogens with zero attached hydrogens (tertiary/aromatic N) is 3. The first kappa shape index (κ1) is 17.3. The molecule has 1 aromatic rings. The second kappa shape index (κ2) is 7.26. The Labute approximate surface area is 152 Å². The van der Waals surface area contributed by atoms with Gasteiger partial charge < -0.3 is 10.4 Å². The maximum Gasteiger partial charge on any atom is 0.320 e. The minimum atomic E-state index is -0.774. The quantitative estimate of drug-likeness (QED) is 0.686. The van der Waals surface area contributed by atoms with E-state index in [9.17, 15) is 9.59 Å². The van der Waals surface area contributed by atoms with Crippen molar-refractivity contribution in [2.75, 3.05) is 18.4 Å². The molecule has 0 spiro atoms. The highest BCUT2D eigenvalue weighted by Crippen LogP contribution is 2.33. The summed E-state index contributed by atoms with van der Waals surface area (Å²) in [5.41, 5.74) is 1.18. The fraction of sp³-hybridized carbons (Fsp3) is 0.722. The highest BCUT2D eigenvalue weighted by Gasteiger charge is 2.37. The molecule has 1 aliphatic heterocycles. The van der Waals surface area contributed by atoms with Crippen LogP contribution in [0.15, 0.2) is 6.07 Å². The van der Waals surface area contributed by atoms with Gasteiger partial charge in [-0.25, -0.2) is 4.79 Å². The second-order valence-corrected chi connectivity index (χ2v) is 7.89. The number of nitrogens with one attached hydrogen (secondary N) is 2. The van der Waals surface area contributed by atoms with E-state index in [0.717, 1.165) is 38.8 Å². The molecule has 1 aromatic heterocycles. The Balaban J connectivity index is 1.23. The highest BCUT2D eigenvalue weighted by atomic mass is 16.4. The lowest BCUT2D eigenvalue weighted by Gasteiger charge is -2.42. The van der Waals surface area contributed by atoms with Crippen LogP contribution in [0, 0.1) is 5.92 Å². The van der Waals surface area contributed by atoms with Crippen molar-refractivity contribution in [1.29, 1.82) is 0 Å². The third kappa shape index (κ3) is 4.17. The Hall–Kier alpha value is -2.09. The molecule has 3 aliphatic rings. The summed E-state index contributed by atoms with van der Waals surface area (Å²) in [6.07, 6.45) is 7.37. The zero-order valence-electron chi connectivity index (χ0n) is 15.0. The van der Waals surface area contributed by atoms with Gasteiger partial charge in [0, 0.05) is 36.9 Å². The van der Waals surface area contributed by atoms with E-state index >= 15 is 0 Å². The first-order valence-corrected chi connectivity index (χ1v) is 9.67. The van der Waals surface area contributed by atoms with Crippen LogP contribution in [-0.2, 0) is 17.8 Å². The van der Waals surface area contributed by atoms with Gasteiger partial charge in [0.1, 0.15) is 0 Å². The fourth-order valence-electron chi connectivity index (χ4n) is 3.97. The molecule has 8 heteroatoms. The summed E-state index contributed by atoms with van der Waals surface area (Å²) in [4.78, 5) is 25.3. The van der Waals surface area contributed by atoms with Crippen LogP contribution in [0.3, 0.4) is 0 Å². The number of aliphatic carboxylic acids is 1. The average Bonchev–Trinajstić information content (AvgIpc) is 3.26. The zero-order valence-corrected chi connectivity index (χ0v) is 15.0. The van der Waals surface area contributed by atoms with Crippen LogP contribution in [0.2, 0.25) is 0 Å². The maximum absolute atomic E-state index is 12.2. The van der Waals surface area contributed by atoms with Crippen LogP contribution in [0.4, 0.5) is 10.6 Å². The number of carboxylic acids is 1. The molecule has 2 heterocycles. The lowest BCUT2D eigenvalue weighted by molar-refractivity contribution is -0.139. The first-order chi connectivity index (χ1) is 12.6. The van der Waals surface area contributed by atoms with Crippen molar-refractivity contribution in [3.05, 3.63) is 11.8 Å². The molecule has 26 heavy (non-hydrogen) atoms. The molecule has 0 unspecified atom stereocenters. The van der Waals surface area contributed by atoms with Crippen LogP contribution in [-0.4, -0.2) is 57.0 Å². The minimum Gasteiger partial charge on any atom is -0.480 e. The van der Waals surface area contributed by atoms with Crippen molar-refractivity contribution >= 4 is 17.8 Å². The zero-order chi connectivity index (χ0) is 18.1. The first-order valence-electron chi connectivity index (χ1n) is 9.67. The normalized spacial score (nSPS) is 24.7. The molecule has 0 bridgehead atoms. The Kier molecular flexibility index (Phi) is 4.84. The summed E-state index contributed by atoms with van der Waals surface area (Å²) in [6, 6.07) is 2.09. The lowest BCUT2D eigenvalue weighted by Crippen LogP contribution is -2.55. The lowest BCUT2D eigenvalue weighted by atomic mass is 9.85. The molecule has 8 nitrogen and oxygen atoms in total. The van der Waals surface area contributed by atoms with Crippen molar-refractivity contribution in [1.82, 2.24) is 20.0 Å². The highest BCUT2D eigenvalue weighted by molar-refractivity contribution is 5.88. The number of rotatable bonds is 7. The molecule has 0 atom stereocenters. The molecule has 142 valence electrons. The van der Waals surface area contributed by atoms with E-state index in [1.165, 1.54) is 25.0 Å². The van der Waals surface area contributed by atoms with E-state index in [-0.39, 0.29) is 24.7 Å². The number of carboxylic acid groups (broad SMARTS) is 1. The minimum absolute atomic E-state index is 0.0975. The van der Waals surface area contributed by atoms with E-state index in [0.29, 0.717) is 11.7 Å². The molecule has 2 fully saturated rings. The van der Waals surface area contributed by atoms with Crippen molar-refractivity contribution in [3.63, 3.8) is 0 Å². The van der Waals surface area contributed by atoms with Gasteiger partial charge in [-0.05, 0) is 50.9 Å². The predicted octanol–water partition coefficient (Wildman–Crippen LogP) is 1.67. The third-order valence-corrected chi connectivity index (χ3v) is 5.65. The van der Waals surface area contributed by atoms with E-state index in [1.807, 2.05) is 10.7 Å². The number of urea groups is 1. The number of aryl methyl sites for hydroxylation is 2. The van der Waals surface area contributed by atoms with E-state index < -0.39 is 5.97 Å². The smallest absolute Gasteiger partial charge is 0.320 e. The summed E-state index contributed by atoms with van der Waals surface area (Å²) in [5.74, 6) is 0.497. The topological polar surface area (TPSA) is 99.5 Å². The number of anilines is 1. The van der Waals surface area contributed by atoms with Crippen LogP contribution < -0.4 is 10.6 Å². The van der Waals surface area contributed by atoms with Crippen molar-refractivity contribution in [2.24, 2.45) is 5.92 Å². The van der Waals surface area contributed by atoms with Gasteiger partial charge in [0.05, 0.1) is 6.54 Å². The molecule has 3 N–H and O–H groups in total. The summed E-state index contributed by atoms with van der Waals surface area (Å²) in [7, 11) is 0. The van der Waals surface area contributed by atoms with Gasteiger partial charge in [0.15, 0.2) is 5.82 Å². The molecule has 0 radical (unpaired) electrons. The Morgan fingerprint density at radius 3 is 2.81 bits per heavy atom. The van der Waals surface area contributed by atoms with Gasteiger partial charge in [-0.15, -0.1) is 0 Å². The Bertz CT molecular complexity index is 655. The van der Waals surface area contributed by atoms with Gasteiger partial charge in [-0.1, -0.05) is 0 Å². The Morgan fingerprint density at radius 2 is 2.12 bits per heavy atom. The second-order valence-electron chi connectivity index (χ2n) is 7.89. The molecule has 2 saturated carbocycles. The molecule has 2 aliphatic carbocycles. The largest absolute Gasteiger partial charge is 0.480 e. The van der Waals surface area contributed by atoms with Crippen molar-refractivity contribution in [2.45, 2.75) is 63.6 Å². The average molecular weight is 361 g/mol. The molecule has 0 saturated heterocycles. The molecular weight excluding hydrogens is 334 g/mol. The summed E-state index contributed by atoms with van der Waals surface area (Å²) >= 11 is 0. The molecule has 2 amide bonds. The van der Waals surface area contributed by atoms with E-state index in [4.69, 9.17) is 5.11 Å². The number of hydrogen-bond donors (Lipinski definition) is 3. The number of carbonyl (C=O) groups is 2. The van der Waals surface area contributed by atoms with Crippen LogP contribution in [0.25, 0.3) is 0 Å². The molecule has 4 rings (SSSR count). The summed E-state index contributed by atoms with van der Waals surface area (Å²) < 4.78 is 1.97. The van der Waals surface area contributed by atoms with Crippen molar-refractivity contribution < 1.29 is 14.7 Å². The summed E-state index contributed by atoms with van der Waals surface area (Å²) in [6.45, 7) is 1.89. The van der Waals surface area contributed by atoms with E-state index in [1.54, 1.807) is 0 Å².